The van der Waals surface area contributed by atoms with Gasteiger partial charge in [-0.1, -0.05) is 32.4 Å². The van der Waals surface area contributed by atoms with E-state index in [1.165, 1.54) is 6.07 Å². The van der Waals surface area contributed by atoms with E-state index in [2.05, 4.69) is 25.7 Å². The van der Waals surface area contributed by atoms with Gasteiger partial charge < -0.3 is 0 Å². The van der Waals surface area contributed by atoms with E-state index in [0.717, 1.165) is 25.8 Å². The van der Waals surface area contributed by atoms with Crippen molar-refractivity contribution in [3.63, 3.8) is 0 Å². The quantitative estimate of drug-likeness (QED) is 0.664. The van der Waals surface area contributed by atoms with E-state index < -0.39 is 5.82 Å². The molecule has 0 amide bonds. The SMILES string of the molecule is CCCCN(CC(=O)c1ccccc1F)C(C)CC. The van der Waals surface area contributed by atoms with E-state index in [0.29, 0.717) is 12.6 Å². The number of ketones is 1. The summed E-state index contributed by atoms with van der Waals surface area (Å²) in [5.74, 6) is -0.554. The first-order chi connectivity index (χ1) is 9.10. The molecular formula is C16H24FNO. The van der Waals surface area contributed by atoms with Gasteiger partial charge in [0.25, 0.3) is 0 Å². The fourth-order valence-corrected chi connectivity index (χ4v) is 2.03. The van der Waals surface area contributed by atoms with Gasteiger partial charge >= 0.3 is 0 Å². The van der Waals surface area contributed by atoms with Crippen molar-refractivity contribution in [1.82, 2.24) is 4.90 Å². The third-order valence-corrected chi connectivity index (χ3v) is 3.53. The molecule has 3 heteroatoms. The molecule has 0 aliphatic carbocycles. The van der Waals surface area contributed by atoms with Crippen LogP contribution in [-0.4, -0.2) is 29.8 Å². The van der Waals surface area contributed by atoms with Gasteiger partial charge in [-0.15, -0.1) is 0 Å². The van der Waals surface area contributed by atoms with Crippen LogP contribution >= 0.6 is 0 Å². The van der Waals surface area contributed by atoms with E-state index in [9.17, 15) is 9.18 Å². The van der Waals surface area contributed by atoms with Gasteiger partial charge in [-0.25, -0.2) is 4.39 Å². The van der Waals surface area contributed by atoms with Gasteiger partial charge in [-0.2, -0.15) is 0 Å². The molecule has 106 valence electrons. The highest BCUT2D eigenvalue weighted by Crippen LogP contribution is 2.11. The van der Waals surface area contributed by atoms with Crippen molar-refractivity contribution < 1.29 is 9.18 Å². The summed E-state index contributed by atoms with van der Waals surface area (Å²) in [6.07, 6.45) is 3.16. The number of Topliss-reactive ketones (excluding diaryl/α,β-unsaturated/α-hetero) is 1. The Bertz CT molecular complexity index is 405. The Hall–Kier alpha value is -1.22. The molecule has 0 fully saturated rings. The highest BCUT2D eigenvalue weighted by Gasteiger charge is 2.18. The van der Waals surface area contributed by atoms with Gasteiger partial charge in [0.15, 0.2) is 5.78 Å². The first-order valence-electron chi connectivity index (χ1n) is 7.11. The van der Waals surface area contributed by atoms with Gasteiger partial charge in [-0.3, -0.25) is 9.69 Å². The normalized spacial score (nSPS) is 12.7. The molecule has 1 aromatic rings. The number of halogens is 1. The minimum atomic E-state index is -0.424. The zero-order valence-corrected chi connectivity index (χ0v) is 12.2. The number of rotatable bonds is 8. The molecule has 0 spiro atoms. The zero-order chi connectivity index (χ0) is 14.3. The molecule has 2 nitrogen and oxygen atoms in total. The lowest BCUT2D eigenvalue weighted by atomic mass is 10.1. The highest BCUT2D eigenvalue weighted by molar-refractivity contribution is 5.97. The van der Waals surface area contributed by atoms with Crippen molar-refractivity contribution in [3.05, 3.63) is 35.6 Å². The molecule has 0 radical (unpaired) electrons. The number of hydrogen-bond donors (Lipinski definition) is 0. The molecule has 0 N–H and O–H groups in total. The number of carbonyl (C=O) groups excluding carboxylic acids is 1. The maximum absolute atomic E-state index is 13.6. The summed E-state index contributed by atoms with van der Waals surface area (Å²) < 4.78 is 13.6. The molecule has 0 aromatic heterocycles. The van der Waals surface area contributed by atoms with Crippen LogP contribution in [0.25, 0.3) is 0 Å². The standard InChI is InChI=1S/C16H24FNO/c1-4-6-11-18(13(3)5-2)12-16(19)14-9-7-8-10-15(14)17/h7-10,13H,4-6,11-12H2,1-3H3. The minimum absolute atomic E-state index is 0.130. The third kappa shape index (κ3) is 4.75. The molecular weight excluding hydrogens is 241 g/mol. The van der Waals surface area contributed by atoms with Gasteiger partial charge in [-0.05, 0) is 38.4 Å². The largest absolute Gasteiger partial charge is 0.293 e. The second-order valence-corrected chi connectivity index (χ2v) is 4.98. The Morgan fingerprint density at radius 2 is 2.00 bits per heavy atom. The summed E-state index contributed by atoms with van der Waals surface area (Å²) in [5.41, 5.74) is 0.201. The summed E-state index contributed by atoms with van der Waals surface area (Å²) in [6, 6.07) is 6.56. The van der Waals surface area contributed by atoms with E-state index in [1.807, 2.05) is 0 Å². The Balaban J connectivity index is 2.73. The molecule has 1 atom stereocenters. The van der Waals surface area contributed by atoms with Crippen molar-refractivity contribution in [2.45, 2.75) is 46.1 Å². The second-order valence-electron chi connectivity index (χ2n) is 4.98. The average Bonchev–Trinajstić information content (AvgIpc) is 2.42. The van der Waals surface area contributed by atoms with Crippen LogP contribution in [0.15, 0.2) is 24.3 Å². The van der Waals surface area contributed by atoms with Crippen LogP contribution in [0.4, 0.5) is 4.39 Å². The lowest BCUT2D eigenvalue weighted by Gasteiger charge is -2.27. The van der Waals surface area contributed by atoms with E-state index in [1.54, 1.807) is 18.2 Å². The summed E-state index contributed by atoms with van der Waals surface area (Å²) in [6.45, 7) is 7.55. The first kappa shape index (κ1) is 15.8. The number of carbonyl (C=O) groups is 1. The van der Waals surface area contributed by atoms with Crippen molar-refractivity contribution >= 4 is 5.78 Å². The zero-order valence-electron chi connectivity index (χ0n) is 12.2. The maximum atomic E-state index is 13.6. The van der Waals surface area contributed by atoms with E-state index >= 15 is 0 Å². The monoisotopic (exact) mass is 265 g/mol. The summed E-state index contributed by atoms with van der Waals surface area (Å²) in [5, 5.41) is 0. The fourth-order valence-electron chi connectivity index (χ4n) is 2.03. The Kier molecular flexibility index (Phi) is 6.71. The van der Waals surface area contributed by atoms with Crippen LogP contribution < -0.4 is 0 Å². The van der Waals surface area contributed by atoms with Crippen LogP contribution in [0.5, 0.6) is 0 Å². The molecule has 0 aliphatic rings. The van der Waals surface area contributed by atoms with Crippen molar-refractivity contribution in [3.8, 4) is 0 Å². The smallest absolute Gasteiger partial charge is 0.179 e. The number of benzene rings is 1. The predicted octanol–water partition coefficient (Wildman–Crippen LogP) is 3.91. The molecule has 0 saturated heterocycles. The van der Waals surface area contributed by atoms with Crippen LogP contribution in [-0.2, 0) is 0 Å². The van der Waals surface area contributed by atoms with Crippen molar-refractivity contribution in [2.75, 3.05) is 13.1 Å². The summed E-state index contributed by atoms with van der Waals surface area (Å²) >= 11 is 0. The second kappa shape index (κ2) is 8.05. The van der Waals surface area contributed by atoms with Crippen LogP contribution in [0.3, 0.4) is 0 Å². The van der Waals surface area contributed by atoms with E-state index in [4.69, 9.17) is 0 Å². The molecule has 0 saturated carbocycles. The van der Waals surface area contributed by atoms with Crippen LogP contribution in [0, 0.1) is 5.82 Å². The molecule has 0 aliphatic heterocycles. The molecule has 19 heavy (non-hydrogen) atoms. The topological polar surface area (TPSA) is 20.3 Å². The number of hydrogen-bond acceptors (Lipinski definition) is 2. The van der Waals surface area contributed by atoms with Crippen molar-refractivity contribution in [2.24, 2.45) is 0 Å². The number of nitrogens with zero attached hydrogens (tertiary/aromatic N) is 1. The Morgan fingerprint density at radius 3 is 2.58 bits per heavy atom. The minimum Gasteiger partial charge on any atom is -0.293 e. The van der Waals surface area contributed by atoms with Crippen molar-refractivity contribution in [1.29, 1.82) is 0 Å². The van der Waals surface area contributed by atoms with Crippen LogP contribution in [0.1, 0.15) is 50.4 Å². The third-order valence-electron chi connectivity index (χ3n) is 3.53. The van der Waals surface area contributed by atoms with Crippen LogP contribution in [0.2, 0.25) is 0 Å². The lowest BCUT2D eigenvalue weighted by molar-refractivity contribution is 0.0890. The van der Waals surface area contributed by atoms with Gasteiger partial charge in [0.2, 0.25) is 0 Å². The molecule has 0 heterocycles. The molecule has 1 rings (SSSR count). The van der Waals surface area contributed by atoms with Gasteiger partial charge in [0.05, 0.1) is 12.1 Å². The summed E-state index contributed by atoms with van der Waals surface area (Å²) in [7, 11) is 0. The van der Waals surface area contributed by atoms with Gasteiger partial charge in [0, 0.05) is 6.04 Å². The summed E-state index contributed by atoms with van der Waals surface area (Å²) in [4.78, 5) is 14.3. The van der Waals surface area contributed by atoms with Gasteiger partial charge in [0.1, 0.15) is 5.82 Å². The molecule has 1 unspecified atom stereocenters. The maximum Gasteiger partial charge on any atom is 0.179 e. The highest BCUT2D eigenvalue weighted by atomic mass is 19.1. The lowest BCUT2D eigenvalue weighted by Crippen LogP contribution is -2.38. The average molecular weight is 265 g/mol. The Morgan fingerprint density at radius 1 is 1.32 bits per heavy atom. The molecule has 0 bridgehead atoms. The predicted molar refractivity (Wildman–Crippen MR) is 77.0 cm³/mol. The fraction of sp³-hybridized carbons (Fsp3) is 0.562. The Labute approximate surface area is 115 Å². The first-order valence-corrected chi connectivity index (χ1v) is 7.11. The molecule has 1 aromatic carbocycles. The van der Waals surface area contributed by atoms with E-state index in [-0.39, 0.29) is 11.3 Å². The number of unbranched alkanes of at least 4 members (excludes halogenated alkanes) is 1.